The van der Waals surface area contributed by atoms with Crippen molar-refractivity contribution in [2.75, 3.05) is 5.32 Å². The van der Waals surface area contributed by atoms with Crippen LogP contribution in [0.3, 0.4) is 0 Å². The molecule has 0 unspecified atom stereocenters. The predicted molar refractivity (Wildman–Crippen MR) is 117 cm³/mol. The molecule has 0 aromatic carbocycles. The second-order valence-electron chi connectivity index (χ2n) is 8.03. The number of fused-ring (bicyclic) bond motifs is 1. The number of hydrogen-bond donors (Lipinski definition) is 1. The van der Waals surface area contributed by atoms with Crippen LogP contribution in [0, 0.1) is 0 Å². The standard InChI is InChI=1S/C20H20F2N8O2S/c1-11(2)30-15-7-17(24-9-14(15)26-20(30)18(21)22)27-16-5-6-23-19(28-16)12-8-25-29(10-12)33(31,32)13-3-4-13/h5-11,13,18H,3-4H2,1-2H3,(H,23,24,27,28). The number of hydrogen-bond acceptors (Lipinski definition) is 8. The normalized spacial score (nSPS) is 14.5. The van der Waals surface area contributed by atoms with Crippen molar-refractivity contribution < 1.29 is 17.2 Å². The molecule has 1 saturated carbocycles. The molecule has 172 valence electrons. The molecule has 33 heavy (non-hydrogen) atoms. The summed E-state index contributed by atoms with van der Waals surface area (Å²) in [7, 11) is -3.49. The summed E-state index contributed by atoms with van der Waals surface area (Å²) < 4.78 is 54.0. The van der Waals surface area contributed by atoms with Gasteiger partial charge in [0.25, 0.3) is 16.4 Å². The van der Waals surface area contributed by atoms with E-state index in [0.717, 1.165) is 4.09 Å². The highest BCUT2D eigenvalue weighted by atomic mass is 32.2. The van der Waals surface area contributed by atoms with Gasteiger partial charge in [-0.25, -0.2) is 37.1 Å². The molecule has 1 aliphatic rings. The number of alkyl halides is 2. The van der Waals surface area contributed by atoms with E-state index in [4.69, 9.17) is 0 Å². The van der Waals surface area contributed by atoms with Crippen LogP contribution in [0.15, 0.2) is 36.9 Å². The maximum absolute atomic E-state index is 13.4. The van der Waals surface area contributed by atoms with E-state index in [1.807, 2.05) is 0 Å². The number of nitrogens with zero attached hydrogens (tertiary/aromatic N) is 7. The van der Waals surface area contributed by atoms with Gasteiger partial charge in [-0.15, -0.1) is 0 Å². The van der Waals surface area contributed by atoms with Crippen molar-refractivity contribution in [2.45, 2.75) is 44.4 Å². The van der Waals surface area contributed by atoms with Crippen molar-refractivity contribution >= 4 is 32.7 Å². The smallest absolute Gasteiger partial charge is 0.295 e. The quantitative estimate of drug-likeness (QED) is 0.431. The average molecular weight is 474 g/mol. The first-order valence-electron chi connectivity index (χ1n) is 10.3. The molecule has 4 aromatic heterocycles. The van der Waals surface area contributed by atoms with E-state index in [0.29, 0.717) is 41.1 Å². The van der Waals surface area contributed by atoms with Crippen LogP contribution in [0.5, 0.6) is 0 Å². The third-order valence-corrected chi connectivity index (χ3v) is 7.29. The first-order chi connectivity index (χ1) is 15.7. The Bertz CT molecular complexity index is 1440. The largest absolute Gasteiger partial charge is 0.325 e. The minimum Gasteiger partial charge on any atom is -0.325 e. The van der Waals surface area contributed by atoms with Crippen LogP contribution >= 0.6 is 0 Å². The molecule has 0 bridgehead atoms. The molecule has 1 fully saturated rings. The van der Waals surface area contributed by atoms with Crippen molar-refractivity contribution in [3.8, 4) is 11.4 Å². The molecule has 0 saturated heterocycles. The lowest BCUT2D eigenvalue weighted by Gasteiger charge is -2.13. The molecule has 10 nitrogen and oxygen atoms in total. The minimum absolute atomic E-state index is 0.219. The van der Waals surface area contributed by atoms with Crippen LogP contribution in [-0.4, -0.2) is 47.4 Å². The number of anilines is 2. The first kappa shape index (κ1) is 21.4. The Balaban J connectivity index is 1.44. The predicted octanol–water partition coefficient (Wildman–Crippen LogP) is 3.69. The van der Waals surface area contributed by atoms with E-state index in [1.165, 1.54) is 29.4 Å². The minimum atomic E-state index is -3.49. The van der Waals surface area contributed by atoms with Crippen LogP contribution in [0.25, 0.3) is 22.4 Å². The lowest BCUT2D eigenvalue weighted by atomic mass is 10.3. The van der Waals surface area contributed by atoms with Gasteiger partial charge < -0.3 is 9.88 Å². The summed E-state index contributed by atoms with van der Waals surface area (Å²) in [6, 6.07) is 3.03. The number of pyridine rings is 1. The van der Waals surface area contributed by atoms with Gasteiger partial charge in [0, 0.05) is 18.3 Å². The van der Waals surface area contributed by atoms with E-state index < -0.39 is 16.4 Å². The molecule has 4 heterocycles. The molecule has 4 aromatic rings. The fraction of sp³-hybridized carbons (Fsp3) is 0.350. The molecular weight excluding hydrogens is 454 g/mol. The average Bonchev–Trinajstić information content (AvgIpc) is 3.39. The van der Waals surface area contributed by atoms with Crippen LogP contribution in [0.2, 0.25) is 0 Å². The summed E-state index contributed by atoms with van der Waals surface area (Å²) in [6.07, 6.45) is 4.31. The maximum atomic E-state index is 13.4. The number of imidazole rings is 1. The lowest BCUT2D eigenvalue weighted by molar-refractivity contribution is 0.134. The third kappa shape index (κ3) is 3.92. The molecule has 1 N–H and O–H groups in total. The van der Waals surface area contributed by atoms with Crippen molar-refractivity contribution in [3.63, 3.8) is 0 Å². The summed E-state index contributed by atoms with van der Waals surface area (Å²) in [5, 5.41) is 6.62. The molecule has 0 atom stereocenters. The Hall–Kier alpha value is -3.48. The summed E-state index contributed by atoms with van der Waals surface area (Å²) in [5.41, 5.74) is 1.35. The Morgan fingerprint density at radius 2 is 1.91 bits per heavy atom. The van der Waals surface area contributed by atoms with Crippen molar-refractivity contribution in [2.24, 2.45) is 0 Å². The monoisotopic (exact) mass is 474 g/mol. The zero-order chi connectivity index (χ0) is 23.3. The molecule has 1 aliphatic carbocycles. The molecular formula is C20H20F2N8O2S. The van der Waals surface area contributed by atoms with Crippen molar-refractivity contribution in [1.82, 2.24) is 33.7 Å². The number of halogens is 2. The Labute approximate surface area is 187 Å². The number of rotatable bonds is 7. The van der Waals surface area contributed by atoms with Crippen LogP contribution in [0.1, 0.15) is 45.0 Å². The van der Waals surface area contributed by atoms with Gasteiger partial charge in [0.05, 0.1) is 34.9 Å². The zero-order valence-electron chi connectivity index (χ0n) is 17.7. The van der Waals surface area contributed by atoms with Gasteiger partial charge >= 0.3 is 0 Å². The number of aromatic nitrogens is 7. The van der Waals surface area contributed by atoms with E-state index in [-0.39, 0.29) is 22.9 Å². The van der Waals surface area contributed by atoms with E-state index in [1.54, 1.807) is 26.0 Å². The second-order valence-corrected chi connectivity index (χ2v) is 10.1. The Morgan fingerprint density at radius 1 is 1.12 bits per heavy atom. The highest BCUT2D eigenvalue weighted by Gasteiger charge is 2.37. The topological polar surface area (TPSA) is 120 Å². The molecule has 0 amide bonds. The summed E-state index contributed by atoms with van der Waals surface area (Å²) in [6.45, 7) is 3.61. The fourth-order valence-electron chi connectivity index (χ4n) is 3.56. The van der Waals surface area contributed by atoms with Gasteiger partial charge in [0.15, 0.2) is 11.6 Å². The van der Waals surface area contributed by atoms with E-state index >= 15 is 0 Å². The van der Waals surface area contributed by atoms with Gasteiger partial charge in [-0.1, -0.05) is 0 Å². The van der Waals surface area contributed by atoms with E-state index in [2.05, 4.69) is 30.4 Å². The van der Waals surface area contributed by atoms with Crippen LogP contribution in [-0.2, 0) is 10.0 Å². The number of nitrogens with one attached hydrogen (secondary N) is 1. The van der Waals surface area contributed by atoms with Gasteiger partial charge in [-0.05, 0) is 32.8 Å². The molecule has 13 heteroatoms. The van der Waals surface area contributed by atoms with E-state index in [9.17, 15) is 17.2 Å². The molecule has 5 rings (SSSR count). The first-order valence-corrected chi connectivity index (χ1v) is 11.8. The summed E-state index contributed by atoms with van der Waals surface area (Å²) >= 11 is 0. The van der Waals surface area contributed by atoms with Crippen molar-refractivity contribution in [1.29, 1.82) is 0 Å². The van der Waals surface area contributed by atoms with Crippen molar-refractivity contribution in [3.05, 3.63) is 42.7 Å². The summed E-state index contributed by atoms with van der Waals surface area (Å²) in [5.74, 6) is 0.767. The lowest BCUT2D eigenvalue weighted by Crippen LogP contribution is -2.17. The second kappa shape index (κ2) is 7.83. The highest BCUT2D eigenvalue weighted by Crippen LogP contribution is 2.31. The molecule has 0 radical (unpaired) electrons. The Morgan fingerprint density at radius 3 is 2.61 bits per heavy atom. The SMILES string of the molecule is CC(C)n1c(C(F)F)nc2cnc(Nc3ccnc(-c4cnn(S(=O)(=O)C5CC5)c4)n3)cc21. The maximum Gasteiger partial charge on any atom is 0.295 e. The van der Waals surface area contributed by atoms with Crippen LogP contribution < -0.4 is 5.32 Å². The zero-order valence-corrected chi connectivity index (χ0v) is 18.5. The van der Waals surface area contributed by atoms with Crippen LogP contribution in [0.4, 0.5) is 20.4 Å². The molecule has 0 spiro atoms. The van der Waals surface area contributed by atoms with Gasteiger partial charge in [0.1, 0.15) is 17.2 Å². The fourth-order valence-corrected chi connectivity index (χ4v) is 5.04. The summed E-state index contributed by atoms with van der Waals surface area (Å²) in [4.78, 5) is 16.9. The highest BCUT2D eigenvalue weighted by molar-refractivity contribution is 7.90. The molecule has 0 aliphatic heterocycles. The van der Waals surface area contributed by atoms with Gasteiger partial charge in [-0.3, -0.25) is 0 Å². The Kier molecular flexibility index (Phi) is 5.07. The van der Waals surface area contributed by atoms with Gasteiger partial charge in [-0.2, -0.15) is 9.19 Å². The third-order valence-electron chi connectivity index (χ3n) is 5.25. The van der Waals surface area contributed by atoms with Gasteiger partial charge in [0.2, 0.25) is 0 Å².